The van der Waals surface area contributed by atoms with Crippen LogP contribution in [0.25, 0.3) is 0 Å². The Morgan fingerprint density at radius 2 is 1.68 bits per heavy atom. The highest BCUT2D eigenvalue weighted by molar-refractivity contribution is 6.00. The monoisotopic (exact) mass is 294 g/mol. The summed E-state index contributed by atoms with van der Waals surface area (Å²) >= 11 is 0. The van der Waals surface area contributed by atoms with Crippen LogP contribution in [0.15, 0.2) is 60.7 Å². The van der Waals surface area contributed by atoms with Gasteiger partial charge in [0.1, 0.15) is 0 Å². The van der Waals surface area contributed by atoms with E-state index in [9.17, 15) is 9.59 Å². The number of nitrogens with one attached hydrogen (secondary N) is 1. The summed E-state index contributed by atoms with van der Waals surface area (Å²) in [5.74, 6) is -0.335. The molecule has 0 aromatic heterocycles. The summed E-state index contributed by atoms with van der Waals surface area (Å²) in [5, 5.41) is 2.92. The van der Waals surface area contributed by atoms with Gasteiger partial charge in [-0.25, -0.2) is 0 Å². The van der Waals surface area contributed by atoms with E-state index in [0.717, 1.165) is 11.3 Å². The molecule has 22 heavy (non-hydrogen) atoms. The lowest BCUT2D eigenvalue weighted by Gasteiger charge is -2.16. The van der Waals surface area contributed by atoms with Crippen molar-refractivity contribution in [2.75, 3.05) is 11.4 Å². The third kappa shape index (κ3) is 3.17. The van der Waals surface area contributed by atoms with Crippen molar-refractivity contribution < 1.29 is 9.59 Å². The lowest BCUT2D eigenvalue weighted by atomic mass is 10.1. The maximum Gasteiger partial charge on any atom is 0.227 e. The number of benzene rings is 2. The topological polar surface area (TPSA) is 49.4 Å². The second-order valence-electron chi connectivity index (χ2n) is 5.44. The van der Waals surface area contributed by atoms with Crippen molar-refractivity contribution in [1.29, 1.82) is 0 Å². The molecule has 4 heteroatoms. The first-order valence-corrected chi connectivity index (χ1v) is 7.41. The average molecular weight is 294 g/mol. The van der Waals surface area contributed by atoms with Gasteiger partial charge in [0.15, 0.2) is 0 Å². The second kappa shape index (κ2) is 6.43. The molecule has 1 heterocycles. The molecule has 1 atom stereocenters. The number of anilines is 1. The number of nitrogens with zero attached hydrogens (tertiary/aromatic N) is 1. The summed E-state index contributed by atoms with van der Waals surface area (Å²) in [6, 6.07) is 19.2. The Morgan fingerprint density at radius 3 is 2.36 bits per heavy atom. The van der Waals surface area contributed by atoms with Crippen molar-refractivity contribution in [3.8, 4) is 0 Å². The molecule has 1 aliphatic heterocycles. The molecule has 112 valence electrons. The normalized spacial score (nSPS) is 17.5. The smallest absolute Gasteiger partial charge is 0.227 e. The van der Waals surface area contributed by atoms with Gasteiger partial charge in [0.05, 0.1) is 5.92 Å². The van der Waals surface area contributed by atoms with E-state index in [1.54, 1.807) is 4.90 Å². The molecule has 2 aromatic carbocycles. The van der Waals surface area contributed by atoms with Crippen LogP contribution in [-0.2, 0) is 16.1 Å². The molecule has 1 fully saturated rings. The van der Waals surface area contributed by atoms with E-state index in [1.807, 2.05) is 60.7 Å². The van der Waals surface area contributed by atoms with Crippen LogP contribution in [0, 0.1) is 5.92 Å². The zero-order valence-corrected chi connectivity index (χ0v) is 12.2. The highest BCUT2D eigenvalue weighted by atomic mass is 16.2. The zero-order valence-electron chi connectivity index (χ0n) is 12.2. The summed E-state index contributed by atoms with van der Waals surface area (Å²) in [6.07, 6.45) is 0.273. The van der Waals surface area contributed by atoms with Gasteiger partial charge < -0.3 is 10.2 Å². The molecular formula is C18H18N2O2. The fourth-order valence-electron chi connectivity index (χ4n) is 2.67. The van der Waals surface area contributed by atoms with Crippen molar-refractivity contribution in [2.24, 2.45) is 5.92 Å². The quantitative estimate of drug-likeness (QED) is 0.941. The van der Waals surface area contributed by atoms with E-state index in [4.69, 9.17) is 0 Å². The molecule has 1 aliphatic rings. The van der Waals surface area contributed by atoms with E-state index in [-0.39, 0.29) is 24.2 Å². The summed E-state index contributed by atoms with van der Waals surface area (Å²) < 4.78 is 0. The van der Waals surface area contributed by atoms with Crippen LogP contribution >= 0.6 is 0 Å². The van der Waals surface area contributed by atoms with E-state index < -0.39 is 0 Å². The number of para-hydroxylation sites is 1. The lowest BCUT2D eigenvalue weighted by Crippen LogP contribution is -2.32. The first-order valence-electron chi connectivity index (χ1n) is 7.41. The first-order chi connectivity index (χ1) is 10.7. The minimum absolute atomic E-state index is 0.00561. The van der Waals surface area contributed by atoms with Crippen LogP contribution in [-0.4, -0.2) is 18.4 Å². The Kier molecular flexibility index (Phi) is 4.19. The lowest BCUT2D eigenvalue weighted by molar-refractivity contribution is -0.126. The van der Waals surface area contributed by atoms with E-state index in [1.165, 1.54) is 0 Å². The number of carbonyl (C=O) groups is 2. The van der Waals surface area contributed by atoms with Gasteiger partial charge in [-0.15, -0.1) is 0 Å². The SMILES string of the molecule is O=C(NCc1ccccc1)C1CC(=O)N(c2ccccc2)C1. The van der Waals surface area contributed by atoms with Gasteiger partial charge in [-0.3, -0.25) is 9.59 Å². The summed E-state index contributed by atoms with van der Waals surface area (Å²) in [5.41, 5.74) is 1.91. The summed E-state index contributed by atoms with van der Waals surface area (Å²) in [4.78, 5) is 26.0. The molecule has 0 saturated carbocycles. The molecule has 1 unspecified atom stereocenters. The third-order valence-electron chi connectivity index (χ3n) is 3.87. The Labute approximate surface area is 129 Å². The molecule has 0 radical (unpaired) electrons. The zero-order chi connectivity index (χ0) is 15.4. The fourth-order valence-corrected chi connectivity index (χ4v) is 2.67. The Bertz CT molecular complexity index is 655. The van der Waals surface area contributed by atoms with Gasteiger partial charge in [-0.2, -0.15) is 0 Å². The first kappa shape index (κ1) is 14.3. The Balaban J connectivity index is 1.59. The number of carbonyl (C=O) groups excluding carboxylic acids is 2. The summed E-state index contributed by atoms with van der Waals surface area (Å²) in [6.45, 7) is 0.944. The van der Waals surface area contributed by atoms with Crippen molar-refractivity contribution in [3.63, 3.8) is 0 Å². The molecule has 3 rings (SSSR count). The number of rotatable bonds is 4. The standard InChI is InChI=1S/C18H18N2O2/c21-17-11-15(13-20(17)16-9-5-2-6-10-16)18(22)19-12-14-7-3-1-4-8-14/h1-10,15H,11-13H2,(H,19,22). The molecule has 0 aliphatic carbocycles. The molecular weight excluding hydrogens is 276 g/mol. The van der Waals surface area contributed by atoms with Crippen LogP contribution < -0.4 is 10.2 Å². The highest BCUT2D eigenvalue weighted by Crippen LogP contribution is 2.24. The van der Waals surface area contributed by atoms with Crippen LogP contribution in [0.4, 0.5) is 5.69 Å². The molecule has 0 spiro atoms. The van der Waals surface area contributed by atoms with Crippen molar-refractivity contribution in [2.45, 2.75) is 13.0 Å². The van der Waals surface area contributed by atoms with Crippen molar-refractivity contribution in [1.82, 2.24) is 5.32 Å². The Morgan fingerprint density at radius 1 is 1.05 bits per heavy atom. The minimum atomic E-state index is -0.281. The van der Waals surface area contributed by atoms with Crippen LogP contribution in [0.1, 0.15) is 12.0 Å². The average Bonchev–Trinajstić information content (AvgIpc) is 2.96. The largest absolute Gasteiger partial charge is 0.352 e. The molecule has 2 amide bonds. The van der Waals surface area contributed by atoms with Crippen LogP contribution in [0.5, 0.6) is 0 Å². The molecule has 4 nitrogen and oxygen atoms in total. The maximum atomic E-state index is 12.3. The third-order valence-corrected chi connectivity index (χ3v) is 3.87. The predicted octanol–water partition coefficient (Wildman–Crippen LogP) is 2.36. The van der Waals surface area contributed by atoms with Gasteiger partial charge in [-0.1, -0.05) is 48.5 Å². The van der Waals surface area contributed by atoms with Gasteiger partial charge in [0, 0.05) is 25.2 Å². The molecule has 2 aromatic rings. The maximum absolute atomic E-state index is 12.3. The number of hydrogen-bond donors (Lipinski definition) is 1. The van der Waals surface area contributed by atoms with Crippen LogP contribution in [0.3, 0.4) is 0 Å². The van der Waals surface area contributed by atoms with E-state index in [2.05, 4.69) is 5.32 Å². The fraction of sp³-hybridized carbons (Fsp3) is 0.222. The van der Waals surface area contributed by atoms with E-state index >= 15 is 0 Å². The molecule has 0 bridgehead atoms. The second-order valence-corrected chi connectivity index (χ2v) is 5.44. The highest BCUT2D eigenvalue weighted by Gasteiger charge is 2.34. The van der Waals surface area contributed by atoms with Gasteiger partial charge in [-0.05, 0) is 17.7 Å². The van der Waals surface area contributed by atoms with Crippen molar-refractivity contribution >= 4 is 17.5 Å². The minimum Gasteiger partial charge on any atom is -0.352 e. The number of amides is 2. The van der Waals surface area contributed by atoms with Gasteiger partial charge in [0.2, 0.25) is 11.8 Å². The van der Waals surface area contributed by atoms with Gasteiger partial charge in [0.25, 0.3) is 0 Å². The van der Waals surface area contributed by atoms with Crippen LogP contribution in [0.2, 0.25) is 0 Å². The number of hydrogen-bond acceptors (Lipinski definition) is 2. The summed E-state index contributed by atoms with van der Waals surface area (Å²) in [7, 11) is 0. The Hall–Kier alpha value is -2.62. The molecule has 1 N–H and O–H groups in total. The predicted molar refractivity (Wildman–Crippen MR) is 85.2 cm³/mol. The van der Waals surface area contributed by atoms with E-state index in [0.29, 0.717) is 13.1 Å². The van der Waals surface area contributed by atoms with Crippen molar-refractivity contribution in [3.05, 3.63) is 66.2 Å². The van der Waals surface area contributed by atoms with Gasteiger partial charge >= 0.3 is 0 Å². The molecule has 1 saturated heterocycles.